The van der Waals surface area contributed by atoms with Gasteiger partial charge in [0, 0.05) is 35.4 Å². The topological polar surface area (TPSA) is 18.5 Å². The lowest BCUT2D eigenvalue weighted by Gasteiger charge is -2.27. The smallest absolute Gasteiger partial charge is 0.0325 e. The van der Waals surface area contributed by atoms with Crippen LogP contribution >= 0.6 is 11.3 Å². The molecule has 108 valence electrons. The van der Waals surface area contributed by atoms with Gasteiger partial charge in [-0.2, -0.15) is 0 Å². The van der Waals surface area contributed by atoms with Gasteiger partial charge in [-0.15, -0.1) is 11.3 Å². The summed E-state index contributed by atoms with van der Waals surface area (Å²) in [6.07, 6.45) is 2.74. The van der Waals surface area contributed by atoms with Gasteiger partial charge in [0.05, 0.1) is 0 Å². The quantitative estimate of drug-likeness (QED) is 0.828. The molecule has 1 unspecified atom stereocenters. The average Bonchev–Trinajstić information content (AvgIpc) is 2.99. The Hall–Kier alpha value is -0.420. The first-order valence-corrected chi connectivity index (χ1v) is 8.19. The maximum Gasteiger partial charge on any atom is 0.0325 e. The number of nitrogens with one attached hydrogen (secondary N) is 1. The summed E-state index contributed by atoms with van der Waals surface area (Å²) in [6.45, 7) is 8.04. The fourth-order valence-electron chi connectivity index (χ4n) is 2.99. The van der Waals surface area contributed by atoms with E-state index in [-0.39, 0.29) is 0 Å². The van der Waals surface area contributed by atoms with Crippen LogP contribution in [-0.4, -0.2) is 49.6 Å². The van der Waals surface area contributed by atoms with Crippen molar-refractivity contribution in [3.05, 3.63) is 21.9 Å². The van der Waals surface area contributed by atoms with Crippen molar-refractivity contribution in [2.24, 2.45) is 0 Å². The van der Waals surface area contributed by atoms with Crippen molar-refractivity contribution < 1.29 is 0 Å². The number of rotatable bonds is 7. The Balaban J connectivity index is 1.81. The van der Waals surface area contributed by atoms with E-state index in [1.54, 1.807) is 0 Å². The summed E-state index contributed by atoms with van der Waals surface area (Å²) in [7, 11) is 4.26. The van der Waals surface area contributed by atoms with Crippen molar-refractivity contribution in [3.63, 3.8) is 0 Å². The molecule has 1 N–H and O–H groups in total. The Morgan fingerprint density at radius 2 is 2.21 bits per heavy atom. The molecule has 0 aliphatic carbocycles. The predicted octanol–water partition coefficient (Wildman–Crippen LogP) is 2.38. The van der Waals surface area contributed by atoms with E-state index < -0.39 is 0 Å². The van der Waals surface area contributed by atoms with Crippen LogP contribution < -0.4 is 5.32 Å². The first kappa shape index (κ1) is 15.0. The van der Waals surface area contributed by atoms with Crippen LogP contribution in [0.4, 0.5) is 0 Å². The SMILES string of the molecule is CCN1CCCC1CN(C)Cc1ccc(CNC)s1. The Morgan fingerprint density at radius 1 is 1.42 bits per heavy atom. The molecule has 1 aromatic rings. The van der Waals surface area contributed by atoms with Crippen molar-refractivity contribution in [1.29, 1.82) is 0 Å². The number of likely N-dealkylation sites (tertiary alicyclic amines) is 1. The van der Waals surface area contributed by atoms with E-state index in [4.69, 9.17) is 0 Å². The summed E-state index contributed by atoms with van der Waals surface area (Å²) in [5, 5.41) is 3.21. The molecule has 1 fully saturated rings. The fraction of sp³-hybridized carbons (Fsp3) is 0.733. The summed E-state index contributed by atoms with van der Waals surface area (Å²) >= 11 is 1.93. The van der Waals surface area contributed by atoms with E-state index in [9.17, 15) is 0 Å². The van der Waals surface area contributed by atoms with E-state index in [0.29, 0.717) is 0 Å². The zero-order valence-corrected chi connectivity index (χ0v) is 13.3. The molecule has 1 atom stereocenters. The van der Waals surface area contributed by atoms with Crippen LogP contribution in [0.2, 0.25) is 0 Å². The molecule has 0 bridgehead atoms. The Bertz CT molecular complexity index is 377. The molecule has 1 aliphatic rings. The molecule has 0 aromatic carbocycles. The second kappa shape index (κ2) is 7.39. The van der Waals surface area contributed by atoms with Crippen molar-refractivity contribution >= 4 is 11.3 Å². The van der Waals surface area contributed by atoms with E-state index in [1.807, 2.05) is 18.4 Å². The van der Waals surface area contributed by atoms with Crippen molar-refractivity contribution in [2.45, 2.75) is 38.9 Å². The zero-order chi connectivity index (χ0) is 13.7. The molecule has 19 heavy (non-hydrogen) atoms. The molecule has 3 nitrogen and oxygen atoms in total. The third-order valence-electron chi connectivity index (χ3n) is 3.92. The van der Waals surface area contributed by atoms with Crippen LogP contribution in [0.3, 0.4) is 0 Å². The van der Waals surface area contributed by atoms with Gasteiger partial charge < -0.3 is 5.32 Å². The lowest BCUT2D eigenvalue weighted by Crippen LogP contribution is -2.38. The summed E-state index contributed by atoms with van der Waals surface area (Å²) in [6, 6.07) is 5.30. The molecule has 2 rings (SSSR count). The minimum atomic E-state index is 0.770. The van der Waals surface area contributed by atoms with Gasteiger partial charge in [-0.1, -0.05) is 6.92 Å². The predicted molar refractivity (Wildman–Crippen MR) is 83.7 cm³/mol. The normalized spacial score (nSPS) is 20.5. The lowest BCUT2D eigenvalue weighted by molar-refractivity contribution is 0.195. The number of likely N-dealkylation sites (N-methyl/N-ethyl adjacent to an activating group) is 2. The van der Waals surface area contributed by atoms with Gasteiger partial charge >= 0.3 is 0 Å². The number of thiophene rings is 1. The highest BCUT2D eigenvalue weighted by Gasteiger charge is 2.23. The first-order valence-electron chi connectivity index (χ1n) is 7.37. The summed E-state index contributed by atoms with van der Waals surface area (Å²) < 4.78 is 0. The zero-order valence-electron chi connectivity index (χ0n) is 12.5. The van der Waals surface area contributed by atoms with E-state index in [1.165, 1.54) is 42.2 Å². The van der Waals surface area contributed by atoms with Gasteiger partial charge in [-0.05, 0) is 52.2 Å². The molecule has 0 spiro atoms. The number of hydrogen-bond acceptors (Lipinski definition) is 4. The second-order valence-corrected chi connectivity index (χ2v) is 6.77. The minimum absolute atomic E-state index is 0.770. The summed E-state index contributed by atoms with van der Waals surface area (Å²) in [5.74, 6) is 0. The molecule has 1 aliphatic heterocycles. The van der Waals surface area contributed by atoms with Crippen LogP contribution in [-0.2, 0) is 13.1 Å². The second-order valence-electron chi connectivity index (χ2n) is 5.52. The summed E-state index contributed by atoms with van der Waals surface area (Å²) in [4.78, 5) is 8.01. The Morgan fingerprint density at radius 3 is 2.95 bits per heavy atom. The van der Waals surface area contributed by atoms with Gasteiger partial charge in [0.2, 0.25) is 0 Å². The third-order valence-corrected chi connectivity index (χ3v) is 4.99. The molecule has 4 heteroatoms. The molecular weight excluding hydrogens is 254 g/mol. The van der Waals surface area contributed by atoms with Crippen molar-refractivity contribution in [2.75, 3.05) is 33.7 Å². The highest BCUT2D eigenvalue weighted by molar-refractivity contribution is 7.11. The van der Waals surface area contributed by atoms with Crippen LogP contribution in [0.15, 0.2) is 12.1 Å². The van der Waals surface area contributed by atoms with Crippen LogP contribution in [0.5, 0.6) is 0 Å². The van der Waals surface area contributed by atoms with Gasteiger partial charge in [0.15, 0.2) is 0 Å². The maximum absolute atomic E-state index is 3.21. The molecule has 0 radical (unpaired) electrons. The fourth-order valence-corrected chi connectivity index (χ4v) is 4.10. The van der Waals surface area contributed by atoms with Crippen LogP contribution in [0, 0.1) is 0 Å². The van der Waals surface area contributed by atoms with Crippen molar-refractivity contribution in [3.8, 4) is 0 Å². The molecular formula is C15H27N3S. The average molecular weight is 281 g/mol. The van der Waals surface area contributed by atoms with Gasteiger partial charge in [0.25, 0.3) is 0 Å². The molecule has 1 saturated heterocycles. The maximum atomic E-state index is 3.21. The number of hydrogen-bond donors (Lipinski definition) is 1. The first-order chi connectivity index (χ1) is 9.22. The summed E-state index contributed by atoms with van der Waals surface area (Å²) in [5.41, 5.74) is 0. The van der Waals surface area contributed by atoms with E-state index in [0.717, 1.165) is 19.1 Å². The highest BCUT2D eigenvalue weighted by Crippen LogP contribution is 2.20. The van der Waals surface area contributed by atoms with Gasteiger partial charge in [-0.3, -0.25) is 9.80 Å². The monoisotopic (exact) mass is 281 g/mol. The number of nitrogens with zero attached hydrogens (tertiary/aromatic N) is 2. The van der Waals surface area contributed by atoms with Crippen LogP contribution in [0.1, 0.15) is 29.5 Å². The van der Waals surface area contributed by atoms with E-state index in [2.05, 4.69) is 41.2 Å². The lowest BCUT2D eigenvalue weighted by atomic mass is 10.2. The molecule has 0 saturated carbocycles. The standard InChI is InChI=1S/C15H27N3S/c1-4-18-9-5-6-13(18)11-17(3)12-15-8-7-14(19-15)10-16-2/h7-8,13,16H,4-6,9-12H2,1-3H3. The minimum Gasteiger partial charge on any atom is -0.315 e. The van der Waals surface area contributed by atoms with E-state index >= 15 is 0 Å². The third kappa shape index (κ3) is 4.28. The molecule has 1 aromatic heterocycles. The highest BCUT2D eigenvalue weighted by atomic mass is 32.1. The Labute approximate surface area is 121 Å². The van der Waals surface area contributed by atoms with Gasteiger partial charge in [-0.25, -0.2) is 0 Å². The van der Waals surface area contributed by atoms with Crippen molar-refractivity contribution in [1.82, 2.24) is 15.1 Å². The Kier molecular flexibility index (Phi) is 5.82. The van der Waals surface area contributed by atoms with Crippen LogP contribution in [0.25, 0.3) is 0 Å². The molecule has 0 amide bonds. The largest absolute Gasteiger partial charge is 0.315 e. The molecule has 2 heterocycles. The van der Waals surface area contributed by atoms with Gasteiger partial charge in [0.1, 0.15) is 0 Å².